The lowest BCUT2D eigenvalue weighted by atomic mass is 10.1. The smallest absolute Gasteiger partial charge is 0.178 e. The number of rotatable bonds is 4. The molecule has 0 radical (unpaired) electrons. The number of hydrogen-bond donors (Lipinski definition) is 1. The Balaban J connectivity index is 1.56. The van der Waals surface area contributed by atoms with Crippen LogP contribution in [0.1, 0.15) is 11.1 Å². The van der Waals surface area contributed by atoms with Crippen LogP contribution in [0.2, 0.25) is 0 Å². The maximum absolute atomic E-state index is 6.01. The first kappa shape index (κ1) is 17.3. The molecule has 5 heteroatoms. The molecule has 0 atom stereocenters. The minimum atomic E-state index is 0.667. The van der Waals surface area contributed by atoms with Crippen LogP contribution in [0.25, 0.3) is 21.9 Å². The summed E-state index contributed by atoms with van der Waals surface area (Å²) in [7, 11) is 0. The molecule has 0 amide bonds. The maximum Gasteiger partial charge on any atom is 0.178 e. The van der Waals surface area contributed by atoms with Gasteiger partial charge in [-0.15, -0.1) is 0 Å². The van der Waals surface area contributed by atoms with Gasteiger partial charge in [-0.05, 0) is 67.4 Å². The number of furan rings is 1. The van der Waals surface area contributed by atoms with Crippen LogP contribution in [0.3, 0.4) is 0 Å². The molecular weight excluding hydrogens is 362 g/mol. The number of hydrogen-bond acceptors (Lipinski definition) is 5. The lowest BCUT2D eigenvalue weighted by molar-refractivity contribution is 0.473. The molecule has 0 aliphatic rings. The van der Waals surface area contributed by atoms with Crippen molar-refractivity contribution in [1.82, 2.24) is 9.97 Å². The molecule has 0 saturated carbocycles. The second-order valence-electron chi connectivity index (χ2n) is 6.99. The molecule has 29 heavy (non-hydrogen) atoms. The summed E-state index contributed by atoms with van der Waals surface area (Å²) in [6.07, 6.45) is 3.25. The number of para-hydroxylation sites is 1. The number of nitrogens with zero attached hydrogens (tertiary/aromatic N) is 2. The molecule has 0 spiro atoms. The van der Waals surface area contributed by atoms with E-state index < -0.39 is 0 Å². The maximum atomic E-state index is 6.01. The predicted octanol–water partition coefficient (Wildman–Crippen LogP) is 6.53. The molecule has 2 aromatic heterocycles. The number of fused-ring (bicyclic) bond motifs is 2. The van der Waals surface area contributed by atoms with E-state index in [0.717, 1.165) is 33.5 Å². The minimum absolute atomic E-state index is 0.667. The van der Waals surface area contributed by atoms with Gasteiger partial charge in [0.2, 0.25) is 0 Å². The average molecular weight is 381 g/mol. The molecule has 0 bridgehead atoms. The van der Waals surface area contributed by atoms with E-state index in [-0.39, 0.29) is 0 Å². The quantitative estimate of drug-likeness (QED) is 0.383. The zero-order valence-electron chi connectivity index (χ0n) is 16.1. The second kappa shape index (κ2) is 6.95. The summed E-state index contributed by atoms with van der Waals surface area (Å²) in [6, 6.07) is 19.7. The van der Waals surface area contributed by atoms with Gasteiger partial charge in [0.15, 0.2) is 11.3 Å². The van der Waals surface area contributed by atoms with Gasteiger partial charge < -0.3 is 14.5 Å². The van der Waals surface area contributed by atoms with Crippen LogP contribution in [0.15, 0.2) is 77.7 Å². The van der Waals surface area contributed by atoms with Gasteiger partial charge in [0.1, 0.15) is 17.9 Å². The van der Waals surface area contributed by atoms with E-state index in [9.17, 15) is 0 Å². The fourth-order valence-electron chi connectivity index (χ4n) is 3.38. The lowest BCUT2D eigenvalue weighted by Crippen LogP contribution is -1.98. The van der Waals surface area contributed by atoms with E-state index in [0.29, 0.717) is 11.3 Å². The van der Waals surface area contributed by atoms with Crippen molar-refractivity contribution in [3.05, 3.63) is 84.4 Å². The molecule has 0 aliphatic heterocycles. The average Bonchev–Trinajstić information content (AvgIpc) is 3.23. The summed E-state index contributed by atoms with van der Waals surface area (Å²) < 4.78 is 11.7. The Bertz CT molecular complexity index is 1330. The van der Waals surface area contributed by atoms with E-state index in [4.69, 9.17) is 9.15 Å². The molecule has 0 aliphatic carbocycles. The fourth-order valence-corrected chi connectivity index (χ4v) is 3.38. The highest BCUT2D eigenvalue weighted by molar-refractivity contribution is 5.99. The number of benzene rings is 3. The van der Waals surface area contributed by atoms with Gasteiger partial charge in [0.25, 0.3) is 0 Å². The highest BCUT2D eigenvalue weighted by Crippen LogP contribution is 2.37. The first-order chi connectivity index (χ1) is 14.2. The normalized spacial score (nSPS) is 11.1. The highest BCUT2D eigenvalue weighted by atomic mass is 16.5. The summed E-state index contributed by atoms with van der Waals surface area (Å²) in [6.45, 7) is 4.18. The van der Waals surface area contributed by atoms with Crippen molar-refractivity contribution in [2.75, 3.05) is 5.32 Å². The van der Waals surface area contributed by atoms with Gasteiger partial charge in [-0.25, -0.2) is 9.97 Å². The Morgan fingerprint density at radius 1 is 0.862 bits per heavy atom. The zero-order valence-corrected chi connectivity index (χ0v) is 16.1. The largest absolute Gasteiger partial charge is 0.460 e. The van der Waals surface area contributed by atoms with Gasteiger partial charge in [0, 0.05) is 10.8 Å². The Morgan fingerprint density at radius 2 is 1.69 bits per heavy atom. The van der Waals surface area contributed by atoms with E-state index in [2.05, 4.69) is 41.3 Å². The summed E-state index contributed by atoms with van der Waals surface area (Å²) >= 11 is 0. The van der Waals surface area contributed by atoms with Gasteiger partial charge >= 0.3 is 0 Å². The zero-order chi connectivity index (χ0) is 19.8. The summed E-state index contributed by atoms with van der Waals surface area (Å²) in [5, 5.41) is 5.36. The number of ether oxygens (including phenoxy) is 1. The van der Waals surface area contributed by atoms with Crippen LogP contribution in [-0.2, 0) is 0 Å². The first-order valence-corrected chi connectivity index (χ1v) is 9.41. The molecular formula is C24H19N3O2. The number of nitrogens with one attached hydrogen (secondary N) is 1. The molecule has 3 aromatic carbocycles. The molecule has 142 valence electrons. The fraction of sp³-hybridized carbons (Fsp3) is 0.0833. The monoisotopic (exact) mass is 381 g/mol. The van der Waals surface area contributed by atoms with Crippen molar-refractivity contribution < 1.29 is 9.15 Å². The van der Waals surface area contributed by atoms with E-state index in [1.54, 1.807) is 12.6 Å². The van der Waals surface area contributed by atoms with E-state index in [1.165, 1.54) is 11.1 Å². The van der Waals surface area contributed by atoms with Crippen LogP contribution in [-0.4, -0.2) is 9.97 Å². The number of aryl methyl sites for hydroxylation is 2. The van der Waals surface area contributed by atoms with Crippen molar-refractivity contribution in [2.24, 2.45) is 0 Å². The summed E-state index contributed by atoms with van der Waals surface area (Å²) in [5.41, 5.74) is 4.91. The SMILES string of the molecule is Cc1cc2ncnc(Nc3ccc(Oc4ccccc4)c4occc34)c2cc1C. The van der Waals surface area contributed by atoms with Gasteiger partial charge in [-0.2, -0.15) is 0 Å². The molecule has 5 aromatic rings. The highest BCUT2D eigenvalue weighted by Gasteiger charge is 2.13. The molecule has 2 heterocycles. The van der Waals surface area contributed by atoms with Crippen LogP contribution < -0.4 is 10.1 Å². The summed E-state index contributed by atoms with van der Waals surface area (Å²) in [4.78, 5) is 8.88. The molecule has 5 rings (SSSR count). The molecule has 0 fully saturated rings. The lowest BCUT2D eigenvalue weighted by Gasteiger charge is -2.12. The Morgan fingerprint density at radius 3 is 2.55 bits per heavy atom. The van der Waals surface area contributed by atoms with Crippen molar-refractivity contribution in [3.63, 3.8) is 0 Å². The Hall–Kier alpha value is -3.86. The third-order valence-corrected chi connectivity index (χ3v) is 5.06. The van der Waals surface area contributed by atoms with Crippen LogP contribution >= 0.6 is 0 Å². The van der Waals surface area contributed by atoms with Crippen LogP contribution in [0, 0.1) is 13.8 Å². The van der Waals surface area contributed by atoms with Crippen molar-refractivity contribution in [2.45, 2.75) is 13.8 Å². The van der Waals surface area contributed by atoms with Crippen LogP contribution in [0.5, 0.6) is 11.5 Å². The molecule has 5 nitrogen and oxygen atoms in total. The van der Waals surface area contributed by atoms with Gasteiger partial charge in [0.05, 0.1) is 17.5 Å². The first-order valence-electron chi connectivity index (χ1n) is 9.41. The summed E-state index contributed by atoms with van der Waals surface area (Å²) in [5.74, 6) is 2.19. The van der Waals surface area contributed by atoms with Crippen molar-refractivity contribution in [3.8, 4) is 11.5 Å². The van der Waals surface area contributed by atoms with Crippen LogP contribution in [0.4, 0.5) is 11.5 Å². The third kappa shape index (κ3) is 3.17. The number of aromatic nitrogens is 2. The second-order valence-corrected chi connectivity index (χ2v) is 6.99. The third-order valence-electron chi connectivity index (χ3n) is 5.06. The van der Waals surface area contributed by atoms with E-state index in [1.807, 2.05) is 48.5 Å². The minimum Gasteiger partial charge on any atom is -0.460 e. The topological polar surface area (TPSA) is 60.2 Å². The standard InChI is InChI=1S/C24H19N3O2/c1-15-12-19-21(13-16(15)2)25-14-26-24(19)27-20-8-9-22(23-18(20)10-11-28-23)29-17-6-4-3-5-7-17/h3-14H,1-2H3,(H,25,26,27). The Kier molecular flexibility index (Phi) is 4.13. The van der Waals surface area contributed by atoms with E-state index >= 15 is 0 Å². The predicted molar refractivity (Wildman–Crippen MR) is 115 cm³/mol. The van der Waals surface area contributed by atoms with Gasteiger partial charge in [-0.1, -0.05) is 18.2 Å². The molecule has 1 N–H and O–H groups in total. The Labute approximate surface area is 168 Å². The van der Waals surface area contributed by atoms with Crippen molar-refractivity contribution in [1.29, 1.82) is 0 Å². The number of anilines is 2. The van der Waals surface area contributed by atoms with Gasteiger partial charge in [-0.3, -0.25) is 0 Å². The molecule has 0 saturated heterocycles. The molecule has 0 unspecified atom stereocenters. The van der Waals surface area contributed by atoms with Crippen molar-refractivity contribution >= 4 is 33.4 Å².